The van der Waals surface area contributed by atoms with E-state index in [0.717, 1.165) is 33.0 Å². The topological polar surface area (TPSA) is 57.2 Å². The van der Waals surface area contributed by atoms with Crippen LogP contribution in [0.15, 0.2) is 95.5 Å². The molecule has 0 aliphatic heterocycles. The Kier molecular flexibility index (Phi) is 8.17. The highest BCUT2D eigenvalue weighted by molar-refractivity contribution is 9.10. The van der Waals surface area contributed by atoms with Crippen LogP contribution >= 0.6 is 15.9 Å². The van der Waals surface area contributed by atoms with Gasteiger partial charge in [-0.2, -0.15) is 0 Å². The van der Waals surface area contributed by atoms with E-state index in [0.29, 0.717) is 38.7 Å². The van der Waals surface area contributed by atoms with Gasteiger partial charge in [0.15, 0.2) is 23.0 Å². The number of methoxy groups -OCH3 is 4. The number of halogens is 1. The Morgan fingerprint density at radius 1 is 0.634 bits per heavy atom. The van der Waals surface area contributed by atoms with E-state index < -0.39 is 0 Å². The van der Waals surface area contributed by atoms with Gasteiger partial charge in [-0.05, 0) is 62.3 Å². The average Bonchev–Trinajstić information content (AvgIpc) is 3.03. The van der Waals surface area contributed by atoms with E-state index in [4.69, 9.17) is 18.9 Å². The zero-order valence-corrected chi connectivity index (χ0v) is 25.1. The third-order valence-electron chi connectivity index (χ3n) is 7.16. The molecule has 0 atom stereocenters. The summed E-state index contributed by atoms with van der Waals surface area (Å²) in [7, 11) is 8.06. The number of fused-ring (bicyclic) bond motifs is 1. The van der Waals surface area contributed by atoms with Gasteiger partial charge in [0.2, 0.25) is 0 Å². The van der Waals surface area contributed by atoms with Crippen molar-refractivity contribution in [2.24, 2.45) is 0 Å². The number of amides is 1. The van der Waals surface area contributed by atoms with E-state index >= 15 is 0 Å². The van der Waals surface area contributed by atoms with Crippen LogP contribution in [0.25, 0.3) is 33.0 Å². The first-order chi connectivity index (χ1) is 19.9. The fourth-order valence-electron chi connectivity index (χ4n) is 5.14. The molecular formula is C34H30BrNO5. The monoisotopic (exact) mass is 611 g/mol. The van der Waals surface area contributed by atoms with Crippen LogP contribution in [0.4, 0.5) is 5.69 Å². The van der Waals surface area contributed by atoms with E-state index in [2.05, 4.69) is 52.3 Å². The average molecular weight is 613 g/mol. The zero-order valence-electron chi connectivity index (χ0n) is 23.5. The summed E-state index contributed by atoms with van der Waals surface area (Å²) < 4.78 is 23.3. The van der Waals surface area contributed by atoms with Gasteiger partial charge >= 0.3 is 0 Å². The molecule has 0 saturated carbocycles. The maximum absolute atomic E-state index is 14.0. The predicted octanol–water partition coefficient (Wildman–Crippen LogP) is 8.25. The molecule has 208 valence electrons. The molecule has 0 unspecified atom stereocenters. The van der Waals surface area contributed by atoms with Gasteiger partial charge in [-0.3, -0.25) is 4.79 Å². The summed E-state index contributed by atoms with van der Waals surface area (Å²) in [5.74, 6) is 1.76. The lowest BCUT2D eigenvalue weighted by molar-refractivity contribution is 0.0989. The third kappa shape index (κ3) is 5.09. The van der Waals surface area contributed by atoms with Crippen molar-refractivity contribution in [3.63, 3.8) is 0 Å². The lowest BCUT2D eigenvalue weighted by atomic mass is 9.93. The molecule has 0 aromatic heterocycles. The van der Waals surface area contributed by atoms with Crippen molar-refractivity contribution in [3.05, 3.63) is 101 Å². The number of ether oxygens (including phenoxy) is 4. The molecule has 5 aromatic carbocycles. The van der Waals surface area contributed by atoms with Crippen LogP contribution in [0.2, 0.25) is 0 Å². The normalized spacial score (nSPS) is 10.8. The fraction of sp³-hybridized carbons (Fsp3) is 0.147. The summed E-state index contributed by atoms with van der Waals surface area (Å²) in [5, 5.41) is 1.75. The van der Waals surface area contributed by atoms with Crippen LogP contribution in [0, 0.1) is 0 Å². The van der Waals surface area contributed by atoms with Gasteiger partial charge in [-0.25, -0.2) is 0 Å². The van der Waals surface area contributed by atoms with Crippen molar-refractivity contribution in [3.8, 4) is 45.3 Å². The Balaban J connectivity index is 1.68. The van der Waals surface area contributed by atoms with Gasteiger partial charge in [0.1, 0.15) is 0 Å². The lowest BCUT2D eigenvalue weighted by Crippen LogP contribution is -2.27. The highest BCUT2D eigenvalue weighted by Gasteiger charge is 2.26. The molecule has 0 fully saturated rings. The quantitative estimate of drug-likeness (QED) is 0.177. The number of carbonyl (C=O) groups excluding carboxylic acids is 1. The molecule has 0 bridgehead atoms. The van der Waals surface area contributed by atoms with Crippen LogP contribution in [0.1, 0.15) is 10.4 Å². The third-order valence-corrected chi connectivity index (χ3v) is 7.82. The maximum Gasteiger partial charge on any atom is 0.263 e. The summed E-state index contributed by atoms with van der Waals surface area (Å²) in [6.07, 6.45) is 0. The minimum absolute atomic E-state index is 0.260. The Labute approximate surface area is 248 Å². The second-order valence-electron chi connectivity index (χ2n) is 9.32. The van der Waals surface area contributed by atoms with E-state index in [1.807, 2.05) is 42.5 Å². The summed E-state index contributed by atoms with van der Waals surface area (Å²) >= 11 is 3.53. The van der Waals surface area contributed by atoms with Crippen LogP contribution in [0.3, 0.4) is 0 Å². The highest BCUT2D eigenvalue weighted by atomic mass is 79.9. The minimum Gasteiger partial charge on any atom is -0.493 e. The molecule has 1 amide bonds. The molecule has 0 radical (unpaired) electrons. The van der Waals surface area contributed by atoms with Crippen molar-refractivity contribution in [2.45, 2.75) is 0 Å². The molecule has 0 N–H and O–H groups in total. The zero-order chi connectivity index (χ0) is 29.1. The van der Waals surface area contributed by atoms with E-state index in [9.17, 15) is 4.79 Å². The molecule has 0 saturated heterocycles. The van der Waals surface area contributed by atoms with Crippen molar-refractivity contribution < 1.29 is 23.7 Å². The highest BCUT2D eigenvalue weighted by Crippen LogP contribution is 2.47. The molecule has 0 heterocycles. The fourth-order valence-corrected chi connectivity index (χ4v) is 5.62. The minimum atomic E-state index is -0.260. The van der Waals surface area contributed by atoms with Crippen LogP contribution in [0.5, 0.6) is 23.0 Å². The first kappa shape index (κ1) is 28.1. The molecule has 7 heteroatoms. The van der Waals surface area contributed by atoms with E-state index in [-0.39, 0.29) is 5.91 Å². The molecule has 6 nitrogen and oxygen atoms in total. The van der Waals surface area contributed by atoms with Gasteiger partial charge in [0.05, 0.1) is 39.7 Å². The van der Waals surface area contributed by atoms with Gasteiger partial charge in [0.25, 0.3) is 5.91 Å². The van der Waals surface area contributed by atoms with Gasteiger partial charge in [-0.1, -0.05) is 66.7 Å². The predicted molar refractivity (Wildman–Crippen MR) is 168 cm³/mol. The Hall–Kier alpha value is -4.49. The second-order valence-corrected chi connectivity index (χ2v) is 10.2. The van der Waals surface area contributed by atoms with Gasteiger partial charge in [0, 0.05) is 22.5 Å². The number of anilines is 1. The smallest absolute Gasteiger partial charge is 0.263 e. The Morgan fingerprint density at radius 2 is 1.27 bits per heavy atom. The van der Waals surface area contributed by atoms with Crippen molar-refractivity contribution >= 4 is 38.3 Å². The second kappa shape index (κ2) is 11.9. The lowest BCUT2D eigenvalue weighted by Gasteiger charge is -2.24. The Bertz CT molecular complexity index is 1720. The molecule has 0 aliphatic rings. The van der Waals surface area contributed by atoms with Gasteiger partial charge < -0.3 is 23.8 Å². The molecule has 0 spiro atoms. The Morgan fingerprint density at radius 3 is 1.90 bits per heavy atom. The van der Waals surface area contributed by atoms with Gasteiger partial charge in [-0.15, -0.1) is 0 Å². The number of hydrogen-bond acceptors (Lipinski definition) is 5. The molecule has 41 heavy (non-hydrogen) atoms. The number of rotatable bonds is 8. The van der Waals surface area contributed by atoms with Crippen LogP contribution in [-0.4, -0.2) is 41.4 Å². The first-order valence-corrected chi connectivity index (χ1v) is 13.7. The number of nitrogens with zero attached hydrogens (tertiary/aromatic N) is 1. The van der Waals surface area contributed by atoms with E-state index in [1.54, 1.807) is 45.4 Å². The number of hydrogen-bond donors (Lipinski definition) is 0. The molecule has 5 aromatic rings. The molecule has 0 aliphatic carbocycles. The molecule has 5 rings (SSSR count). The standard InChI is InChI=1S/C34H30BrNO5/c1-36(34(37)31-26(35)18-19-28(38-2)32(31)40-4)27-13-9-12-24-25(27)20-29(39-3)33(41-5)30(24)23-16-14-22(15-17-23)21-10-7-6-8-11-21/h6-20H,1-5H3. The SMILES string of the molecule is COc1ccc(Br)c(C(=O)N(C)c2cccc3c(-c4ccc(-c5ccccc5)cc4)c(OC)c(OC)cc23)c1OC. The summed E-state index contributed by atoms with van der Waals surface area (Å²) in [6.45, 7) is 0. The van der Waals surface area contributed by atoms with E-state index in [1.165, 1.54) is 7.11 Å². The molecular weight excluding hydrogens is 582 g/mol. The summed E-state index contributed by atoms with van der Waals surface area (Å²) in [5.41, 5.74) is 5.17. The number of carbonyl (C=O) groups is 1. The first-order valence-electron chi connectivity index (χ1n) is 13.0. The maximum atomic E-state index is 14.0. The van der Waals surface area contributed by atoms with Crippen molar-refractivity contribution in [1.82, 2.24) is 0 Å². The largest absolute Gasteiger partial charge is 0.493 e. The summed E-state index contributed by atoms with van der Waals surface area (Å²) in [6, 6.07) is 29.9. The number of benzene rings is 5. The summed E-state index contributed by atoms with van der Waals surface area (Å²) in [4.78, 5) is 15.6. The van der Waals surface area contributed by atoms with Crippen LogP contribution < -0.4 is 23.8 Å². The van der Waals surface area contributed by atoms with Crippen molar-refractivity contribution in [1.29, 1.82) is 0 Å². The van der Waals surface area contributed by atoms with Crippen LogP contribution in [-0.2, 0) is 0 Å². The van der Waals surface area contributed by atoms with Crippen molar-refractivity contribution in [2.75, 3.05) is 40.4 Å².